The third-order valence-corrected chi connectivity index (χ3v) is 6.17. The number of amides is 1. The predicted molar refractivity (Wildman–Crippen MR) is 101 cm³/mol. The van der Waals surface area contributed by atoms with Gasteiger partial charge in [0.1, 0.15) is 0 Å². The first-order valence-corrected chi connectivity index (χ1v) is 10.4. The zero-order chi connectivity index (χ0) is 18.7. The normalized spacial score (nSPS) is 17.0. The summed E-state index contributed by atoms with van der Waals surface area (Å²) in [6.07, 6.45) is 2.99. The van der Waals surface area contributed by atoms with Crippen LogP contribution in [0.1, 0.15) is 54.2 Å². The topological polar surface area (TPSA) is 75.3 Å². The van der Waals surface area contributed by atoms with Gasteiger partial charge >= 0.3 is 0 Å². The second-order valence-corrected chi connectivity index (χ2v) is 8.63. The summed E-state index contributed by atoms with van der Waals surface area (Å²) in [5.41, 5.74) is 2.91. The van der Waals surface area contributed by atoms with Gasteiger partial charge in [0, 0.05) is 11.6 Å². The molecular formula is C20H24N2O3S. The number of fused-ring (bicyclic) bond motifs is 1. The number of aryl methyl sites for hydroxylation is 1. The summed E-state index contributed by atoms with van der Waals surface area (Å²) < 4.78 is 26.9. The van der Waals surface area contributed by atoms with Crippen molar-refractivity contribution in [3.8, 4) is 0 Å². The van der Waals surface area contributed by atoms with E-state index in [0.717, 1.165) is 19.3 Å². The Morgan fingerprint density at radius 1 is 1.08 bits per heavy atom. The van der Waals surface area contributed by atoms with Crippen molar-refractivity contribution in [2.45, 2.75) is 50.1 Å². The quantitative estimate of drug-likeness (QED) is 0.846. The van der Waals surface area contributed by atoms with Crippen LogP contribution in [0.15, 0.2) is 53.4 Å². The minimum absolute atomic E-state index is 0.00142. The number of hydrogen-bond donors (Lipinski definition) is 2. The SMILES string of the molecule is CC(C)NS(=O)(=O)c1ccc(C(=O)NC2CCCc3ccccc32)cc1. The Balaban J connectivity index is 1.74. The molecule has 0 fully saturated rings. The summed E-state index contributed by atoms with van der Waals surface area (Å²) in [6, 6.07) is 14.0. The number of carbonyl (C=O) groups excluding carboxylic acids is 1. The van der Waals surface area contributed by atoms with Gasteiger partial charge in [-0.2, -0.15) is 0 Å². The highest BCUT2D eigenvalue weighted by Crippen LogP contribution is 2.29. The number of carbonyl (C=O) groups is 1. The molecule has 1 amide bonds. The third-order valence-electron chi connectivity index (χ3n) is 4.49. The Labute approximate surface area is 154 Å². The molecule has 0 aromatic heterocycles. The van der Waals surface area contributed by atoms with E-state index in [2.05, 4.69) is 22.2 Å². The minimum Gasteiger partial charge on any atom is -0.345 e. The van der Waals surface area contributed by atoms with E-state index >= 15 is 0 Å². The summed E-state index contributed by atoms with van der Waals surface area (Å²) in [4.78, 5) is 12.7. The average molecular weight is 372 g/mol. The van der Waals surface area contributed by atoms with Gasteiger partial charge in [0.05, 0.1) is 10.9 Å². The highest BCUT2D eigenvalue weighted by molar-refractivity contribution is 7.89. The van der Waals surface area contributed by atoms with Gasteiger partial charge in [-0.15, -0.1) is 0 Å². The second kappa shape index (κ2) is 7.60. The van der Waals surface area contributed by atoms with Crippen LogP contribution in [0.5, 0.6) is 0 Å². The van der Waals surface area contributed by atoms with Crippen molar-refractivity contribution >= 4 is 15.9 Å². The second-order valence-electron chi connectivity index (χ2n) is 6.92. The molecule has 5 nitrogen and oxygen atoms in total. The highest BCUT2D eigenvalue weighted by Gasteiger charge is 2.22. The van der Waals surface area contributed by atoms with Crippen LogP contribution in [0.3, 0.4) is 0 Å². The lowest BCUT2D eigenvalue weighted by molar-refractivity contribution is 0.0932. The average Bonchev–Trinajstić information content (AvgIpc) is 2.61. The lowest BCUT2D eigenvalue weighted by Gasteiger charge is -2.26. The largest absolute Gasteiger partial charge is 0.345 e. The van der Waals surface area contributed by atoms with Gasteiger partial charge in [-0.05, 0) is 68.5 Å². The Kier molecular flexibility index (Phi) is 5.44. The molecule has 0 heterocycles. The van der Waals surface area contributed by atoms with Crippen LogP contribution in [0.4, 0.5) is 0 Å². The molecule has 1 aliphatic carbocycles. The van der Waals surface area contributed by atoms with Crippen molar-refractivity contribution in [1.82, 2.24) is 10.0 Å². The van der Waals surface area contributed by atoms with Crippen LogP contribution in [0.25, 0.3) is 0 Å². The van der Waals surface area contributed by atoms with Crippen LogP contribution in [0.2, 0.25) is 0 Å². The standard InChI is InChI=1S/C20H24N2O3S/c1-14(2)22-26(24,25)17-12-10-16(11-13-17)20(23)21-19-9-5-7-15-6-3-4-8-18(15)19/h3-4,6,8,10-14,19,22H,5,7,9H2,1-2H3,(H,21,23). The predicted octanol–water partition coefficient (Wildman–Crippen LogP) is 3.18. The number of nitrogens with one attached hydrogen (secondary N) is 2. The van der Waals surface area contributed by atoms with Crippen molar-refractivity contribution in [3.63, 3.8) is 0 Å². The van der Waals surface area contributed by atoms with Gasteiger partial charge in [-0.25, -0.2) is 13.1 Å². The van der Waals surface area contributed by atoms with Crippen molar-refractivity contribution in [3.05, 3.63) is 65.2 Å². The Bertz CT molecular complexity index is 890. The maximum absolute atomic E-state index is 12.6. The molecule has 0 spiro atoms. The van der Waals surface area contributed by atoms with Crippen LogP contribution >= 0.6 is 0 Å². The van der Waals surface area contributed by atoms with Crippen LogP contribution in [-0.4, -0.2) is 20.4 Å². The smallest absolute Gasteiger partial charge is 0.251 e. The van der Waals surface area contributed by atoms with E-state index in [4.69, 9.17) is 0 Å². The van der Waals surface area contributed by atoms with Crippen LogP contribution in [-0.2, 0) is 16.4 Å². The molecule has 0 saturated heterocycles. The molecule has 138 valence electrons. The van der Waals surface area contributed by atoms with E-state index in [-0.39, 0.29) is 22.9 Å². The fourth-order valence-electron chi connectivity index (χ4n) is 3.31. The van der Waals surface area contributed by atoms with Gasteiger partial charge in [-0.3, -0.25) is 4.79 Å². The molecule has 6 heteroatoms. The first-order valence-electron chi connectivity index (χ1n) is 8.88. The number of hydrogen-bond acceptors (Lipinski definition) is 3. The molecular weight excluding hydrogens is 348 g/mol. The van der Waals surface area contributed by atoms with E-state index in [1.807, 2.05) is 12.1 Å². The fourth-order valence-corrected chi connectivity index (χ4v) is 4.56. The van der Waals surface area contributed by atoms with E-state index in [1.54, 1.807) is 26.0 Å². The van der Waals surface area contributed by atoms with E-state index in [0.29, 0.717) is 5.56 Å². The van der Waals surface area contributed by atoms with Gasteiger partial charge in [0.25, 0.3) is 5.91 Å². The Morgan fingerprint density at radius 3 is 2.46 bits per heavy atom. The van der Waals surface area contributed by atoms with Crippen molar-refractivity contribution < 1.29 is 13.2 Å². The lowest BCUT2D eigenvalue weighted by Crippen LogP contribution is -2.31. The molecule has 1 unspecified atom stereocenters. The minimum atomic E-state index is -3.55. The van der Waals surface area contributed by atoms with Crippen LogP contribution < -0.4 is 10.0 Å². The molecule has 1 atom stereocenters. The van der Waals surface area contributed by atoms with Crippen LogP contribution in [0, 0.1) is 0 Å². The van der Waals surface area contributed by atoms with E-state index in [1.165, 1.54) is 23.3 Å². The molecule has 0 bridgehead atoms. The Morgan fingerprint density at radius 2 is 1.77 bits per heavy atom. The third kappa shape index (κ3) is 4.14. The van der Waals surface area contributed by atoms with E-state index in [9.17, 15) is 13.2 Å². The molecule has 0 radical (unpaired) electrons. The summed E-state index contributed by atoms with van der Waals surface area (Å²) in [5.74, 6) is -0.188. The monoisotopic (exact) mass is 372 g/mol. The zero-order valence-corrected chi connectivity index (χ0v) is 15.8. The number of benzene rings is 2. The summed E-state index contributed by atoms with van der Waals surface area (Å²) in [6.45, 7) is 3.53. The molecule has 1 aliphatic rings. The van der Waals surface area contributed by atoms with Gasteiger partial charge in [0.2, 0.25) is 10.0 Å². The summed E-state index contributed by atoms with van der Waals surface area (Å²) in [5, 5.41) is 3.08. The summed E-state index contributed by atoms with van der Waals surface area (Å²) >= 11 is 0. The number of rotatable bonds is 5. The van der Waals surface area contributed by atoms with Gasteiger partial charge in [0.15, 0.2) is 0 Å². The maximum Gasteiger partial charge on any atom is 0.251 e. The van der Waals surface area contributed by atoms with Crippen molar-refractivity contribution in [1.29, 1.82) is 0 Å². The van der Waals surface area contributed by atoms with Gasteiger partial charge < -0.3 is 5.32 Å². The number of sulfonamides is 1. The van der Waals surface area contributed by atoms with Crippen molar-refractivity contribution in [2.24, 2.45) is 0 Å². The molecule has 0 saturated carbocycles. The molecule has 26 heavy (non-hydrogen) atoms. The molecule has 2 N–H and O–H groups in total. The van der Waals surface area contributed by atoms with Gasteiger partial charge in [-0.1, -0.05) is 24.3 Å². The first kappa shape index (κ1) is 18.6. The lowest BCUT2D eigenvalue weighted by atomic mass is 9.87. The van der Waals surface area contributed by atoms with E-state index < -0.39 is 10.0 Å². The molecule has 2 aromatic rings. The highest BCUT2D eigenvalue weighted by atomic mass is 32.2. The van der Waals surface area contributed by atoms with Crippen molar-refractivity contribution in [2.75, 3.05) is 0 Å². The molecule has 2 aromatic carbocycles. The maximum atomic E-state index is 12.6. The summed E-state index contributed by atoms with van der Waals surface area (Å²) in [7, 11) is -3.55. The molecule has 3 rings (SSSR count). The first-order chi connectivity index (χ1) is 12.4. The zero-order valence-electron chi connectivity index (χ0n) is 15.0. The molecule has 0 aliphatic heterocycles. The Hall–Kier alpha value is -2.18. The fraction of sp³-hybridized carbons (Fsp3) is 0.350.